The number of hydrogen-bond acceptors (Lipinski definition) is 4. The molecule has 2 aromatic carbocycles. The first-order valence-corrected chi connectivity index (χ1v) is 9.57. The number of amides is 1. The van der Waals surface area contributed by atoms with Crippen LogP contribution >= 0.6 is 11.3 Å². The van der Waals surface area contributed by atoms with Gasteiger partial charge in [-0.2, -0.15) is 0 Å². The van der Waals surface area contributed by atoms with Crippen LogP contribution in [0, 0.1) is 0 Å². The van der Waals surface area contributed by atoms with Crippen molar-refractivity contribution in [3.63, 3.8) is 0 Å². The number of thiophene rings is 1. The Balaban J connectivity index is 1.59. The first kappa shape index (κ1) is 16.8. The number of ether oxygens (including phenoxy) is 1. The van der Waals surface area contributed by atoms with Crippen LogP contribution in [0.2, 0.25) is 0 Å². The van der Waals surface area contributed by atoms with Gasteiger partial charge in [-0.3, -0.25) is 4.79 Å². The van der Waals surface area contributed by atoms with Crippen LogP contribution in [0.5, 0.6) is 0 Å². The van der Waals surface area contributed by atoms with E-state index in [9.17, 15) is 4.79 Å². The molecule has 0 saturated carbocycles. The average Bonchev–Trinajstić information content (AvgIpc) is 3.20. The number of carbonyl (C=O) groups is 1. The Kier molecular flexibility index (Phi) is 5.00. The number of benzene rings is 2. The van der Waals surface area contributed by atoms with Crippen molar-refractivity contribution in [2.24, 2.45) is 0 Å². The molecule has 0 bridgehead atoms. The van der Waals surface area contributed by atoms with E-state index in [0.29, 0.717) is 13.2 Å². The minimum Gasteiger partial charge on any atom is -0.378 e. The predicted octanol–water partition coefficient (Wildman–Crippen LogP) is 4.50. The summed E-state index contributed by atoms with van der Waals surface area (Å²) < 4.78 is 5.44. The van der Waals surface area contributed by atoms with Gasteiger partial charge in [0, 0.05) is 18.7 Å². The van der Waals surface area contributed by atoms with E-state index in [2.05, 4.69) is 10.2 Å². The molecule has 1 saturated heterocycles. The van der Waals surface area contributed by atoms with Crippen molar-refractivity contribution in [3.8, 4) is 11.1 Å². The molecule has 1 N–H and O–H groups in total. The van der Waals surface area contributed by atoms with E-state index in [1.807, 2.05) is 66.0 Å². The topological polar surface area (TPSA) is 41.6 Å². The Morgan fingerprint density at radius 1 is 0.962 bits per heavy atom. The van der Waals surface area contributed by atoms with Crippen molar-refractivity contribution in [2.45, 2.75) is 0 Å². The van der Waals surface area contributed by atoms with Gasteiger partial charge in [-0.15, -0.1) is 11.3 Å². The lowest BCUT2D eigenvalue weighted by Gasteiger charge is -2.30. The normalized spacial score (nSPS) is 14.2. The van der Waals surface area contributed by atoms with E-state index in [0.717, 1.165) is 40.5 Å². The molecule has 1 aliphatic heterocycles. The minimum atomic E-state index is -0.0698. The number of nitrogens with one attached hydrogen (secondary N) is 1. The van der Waals surface area contributed by atoms with Crippen molar-refractivity contribution in [1.29, 1.82) is 0 Å². The van der Waals surface area contributed by atoms with E-state index >= 15 is 0 Å². The third-order valence-electron chi connectivity index (χ3n) is 4.46. The largest absolute Gasteiger partial charge is 0.378 e. The van der Waals surface area contributed by atoms with Crippen LogP contribution in [0.3, 0.4) is 0 Å². The summed E-state index contributed by atoms with van der Waals surface area (Å²) in [6.45, 7) is 3.10. The molecule has 0 radical (unpaired) electrons. The van der Waals surface area contributed by atoms with E-state index in [-0.39, 0.29) is 5.91 Å². The maximum atomic E-state index is 13.0. The van der Waals surface area contributed by atoms with Gasteiger partial charge in [0.15, 0.2) is 0 Å². The second-order valence-corrected chi connectivity index (χ2v) is 7.02. The third kappa shape index (κ3) is 3.49. The quantitative estimate of drug-likeness (QED) is 0.741. The molecule has 0 atom stereocenters. The highest BCUT2D eigenvalue weighted by atomic mass is 32.1. The fraction of sp³-hybridized carbons (Fsp3) is 0.190. The first-order chi connectivity index (χ1) is 12.8. The SMILES string of the molecule is O=C(Nc1ccccc1N1CCOCC1)c1sccc1-c1ccccc1. The Hall–Kier alpha value is -2.63. The standard InChI is InChI=1S/C21H20N2O2S/c24-21(20-17(10-15-26-20)16-6-2-1-3-7-16)22-18-8-4-5-9-19(18)23-11-13-25-14-12-23/h1-10,15H,11-14H2,(H,22,24). The lowest BCUT2D eigenvalue weighted by Crippen LogP contribution is -2.36. The van der Waals surface area contributed by atoms with Crippen LogP contribution < -0.4 is 10.2 Å². The molecule has 132 valence electrons. The van der Waals surface area contributed by atoms with Crippen molar-refractivity contribution < 1.29 is 9.53 Å². The van der Waals surface area contributed by atoms with Gasteiger partial charge in [-0.25, -0.2) is 0 Å². The molecule has 1 aromatic heterocycles. The Morgan fingerprint density at radius 2 is 1.69 bits per heavy atom. The zero-order chi connectivity index (χ0) is 17.8. The van der Waals surface area contributed by atoms with Crippen molar-refractivity contribution >= 4 is 28.6 Å². The number of carbonyl (C=O) groups excluding carboxylic acids is 1. The predicted molar refractivity (Wildman–Crippen MR) is 107 cm³/mol. The molecular weight excluding hydrogens is 344 g/mol. The molecular formula is C21H20N2O2S. The highest BCUT2D eigenvalue weighted by Gasteiger charge is 2.19. The molecule has 3 aromatic rings. The Labute approximate surface area is 157 Å². The monoisotopic (exact) mass is 364 g/mol. The number of anilines is 2. The summed E-state index contributed by atoms with van der Waals surface area (Å²) in [4.78, 5) is 15.9. The molecule has 26 heavy (non-hydrogen) atoms. The van der Waals surface area contributed by atoms with E-state index in [1.165, 1.54) is 11.3 Å². The molecule has 5 heteroatoms. The maximum absolute atomic E-state index is 13.0. The number of para-hydroxylation sites is 2. The smallest absolute Gasteiger partial charge is 0.266 e. The number of morpholine rings is 1. The van der Waals surface area contributed by atoms with E-state index in [1.54, 1.807) is 0 Å². The summed E-state index contributed by atoms with van der Waals surface area (Å²) in [6, 6.07) is 20.0. The van der Waals surface area contributed by atoms with Crippen molar-refractivity contribution in [2.75, 3.05) is 36.5 Å². The summed E-state index contributed by atoms with van der Waals surface area (Å²) in [6.07, 6.45) is 0. The van der Waals surface area contributed by atoms with Crippen molar-refractivity contribution in [1.82, 2.24) is 0 Å². The van der Waals surface area contributed by atoms with Crippen LogP contribution in [0.1, 0.15) is 9.67 Å². The molecule has 4 rings (SSSR count). The van der Waals surface area contributed by atoms with Crippen LogP contribution in [0.4, 0.5) is 11.4 Å². The second-order valence-electron chi connectivity index (χ2n) is 6.10. The zero-order valence-corrected chi connectivity index (χ0v) is 15.2. The summed E-state index contributed by atoms with van der Waals surface area (Å²) in [5.74, 6) is -0.0698. The zero-order valence-electron chi connectivity index (χ0n) is 14.4. The van der Waals surface area contributed by atoms with Crippen LogP contribution in [-0.2, 0) is 4.74 Å². The van der Waals surface area contributed by atoms with Gasteiger partial charge < -0.3 is 15.0 Å². The number of nitrogens with zero attached hydrogens (tertiary/aromatic N) is 1. The van der Waals surface area contributed by atoms with Crippen LogP contribution in [0.25, 0.3) is 11.1 Å². The van der Waals surface area contributed by atoms with Crippen LogP contribution in [-0.4, -0.2) is 32.2 Å². The van der Waals surface area contributed by atoms with Crippen LogP contribution in [0.15, 0.2) is 66.0 Å². The summed E-state index contributed by atoms with van der Waals surface area (Å²) in [5, 5.41) is 5.07. The molecule has 1 amide bonds. The van der Waals surface area contributed by atoms with Gasteiger partial charge in [0.05, 0.1) is 29.5 Å². The minimum absolute atomic E-state index is 0.0698. The Morgan fingerprint density at radius 3 is 2.50 bits per heavy atom. The summed E-state index contributed by atoms with van der Waals surface area (Å²) in [7, 11) is 0. The van der Waals surface area contributed by atoms with Gasteiger partial charge in [0.2, 0.25) is 0 Å². The van der Waals surface area contributed by atoms with Gasteiger partial charge in [0.1, 0.15) is 0 Å². The molecule has 0 unspecified atom stereocenters. The third-order valence-corrected chi connectivity index (χ3v) is 5.37. The number of hydrogen-bond donors (Lipinski definition) is 1. The van der Waals surface area contributed by atoms with Gasteiger partial charge in [-0.05, 0) is 29.1 Å². The van der Waals surface area contributed by atoms with Gasteiger partial charge >= 0.3 is 0 Å². The first-order valence-electron chi connectivity index (χ1n) is 8.69. The Bertz CT molecular complexity index is 886. The van der Waals surface area contributed by atoms with E-state index in [4.69, 9.17) is 4.74 Å². The van der Waals surface area contributed by atoms with Gasteiger partial charge in [0.25, 0.3) is 5.91 Å². The van der Waals surface area contributed by atoms with E-state index < -0.39 is 0 Å². The average molecular weight is 364 g/mol. The maximum Gasteiger partial charge on any atom is 0.266 e. The molecule has 0 aliphatic carbocycles. The second kappa shape index (κ2) is 7.72. The lowest BCUT2D eigenvalue weighted by atomic mass is 10.1. The fourth-order valence-corrected chi connectivity index (χ4v) is 3.98. The molecule has 2 heterocycles. The highest BCUT2D eigenvalue weighted by molar-refractivity contribution is 7.12. The molecule has 4 nitrogen and oxygen atoms in total. The fourth-order valence-electron chi connectivity index (χ4n) is 3.17. The number of rotatable bonds is 4. The van der Waals surface area contributed by atoms with Crippen molar-refractivity contribution in [3.05, 3.63) is 70.9 Å². The summed E-state index contributed by atoms with van der Waals surface area (Å²) in [5.41, 5.74) is 3.91. The highest BCUT2D eigenvalue weighted by Crippen LogP contribution is 2.31. The lowest BCUT2D eigenvalue weighted by molar-refractivity contribution is 0.103. The molecule has 0 spiro atoms. The summed E-state index contributed by atoms with van der Waals surface area (Å²) >= 11 is 1.47. The molecule has 1 fully saturated rings. The van der Waals surface area contributed by atoms with Gasteiger partial charge in [-0.1, -0.05) is 42.5 Å². The molecule has 1 aliphatic rings.